The van der Waals surface area contributed by atoms with Gasteiger partial charge in [0, 0.05) is 51.4 Å². The van der Waals surface area contributed by atoms with Crippen LogP contribution in [0.3, 0.4) is 0 Å². The molecule has 0 saturated heterocycles. The number of carbonyl (C=O) groups is 1. The monoisotopic (exact) mass is 526 g/mol. The molecule has 2 aromatic carbocycles. The van der Waals surface area contributed by atoms with Crippen molar-refractivity contribution in [3.05, 3.63) is 59.2 Å². The zero-order valence-corrected chi connectivity index (χ0v) is 20.5. The molecule has 1 amide bonds. The minimum absolute atomic E-state index is 0. The zero-order chi connectivity index (χ0) is 21.2. The molecule has 7 nitrogen and oxygen atoms in total. The van der Waals surface area contributed by atoms with Crippen LogP contribution in [0.25, 0.3) is 0 Å². The van der Waals surface area contributed by atoms with Gasteiger partial charge in [0.05, 0.1) is 14.2 Å². The molecule has 164 valence electrons. The highest BCUT2D eigenvalue weighted by atomic mass is 127. The van der Waals surface area contributed by atoms with Crippen LogP contribution in [-0.4, -0.2) is 58.7 Å². The molecule has 0 spiro atoms. The molecule has 0 aromatic heterocycles. The average molecular weight is 526 g/mol. The number of nitrogens with one attached hydrogen (secondary N) is 2. The Kier molecular flexibility index (Phi) is 11.0. The summed E-state index contributed by atoms with van der Waals surface area (Å²) in [6.07, 6.45) is 0.779. The number of benzene rings is 2. The van der Waals surface area contributed by atoms with Gasteiger partial charge in [0.2, 0.25) is 0 Å². The van der Waals surface area contributed by atoms with Crippen LogP contribution in [0.5, 0.6) is 11.5 Å². The number of amides is 1. The molecule has 0 aliphatic carbocycles. The van der Waals surface area contributed by atoms with Gasteiger partial charge in [-0.05, 0) is 36.2 Å². The summed E-state index contributed by atoms with van der Waals surface area (Å²) in [7, 11) is 8.51. The van der Waals surface area contributed by atoms with E-state index < -0.39 is 0 Å². The van der Waals surface area contributed by atoms with E-state index in [1.165, 1.54) is 0 Å². The van der Waals surface area contributed by atoms with Crippen LogP contribution in [0.4, 0.5) is 0 Å². The lowest BCUT2D eigenvalue weighted by atomic mass is 10.1. The smallest absolute Gasteiger partial charge is 0.253 e. The fourth-order valence-electron chi connectivity index (χ4n) is 2.84. The Labute approximate surface area is 195 Å². The van der Waals surface area contributed by atoms with E-state index in [4.69, 9.17) is 9.47 Å². The van der Waals surface area contributed by atoms with Crippen molar-refractivity contribution in [1.82, 2.24) is 15.5 Å². The summed E-state index contributed by atoms with van der Waals surface area (Å²) < 4.78 is 10.7. The number of guanidine groups is 1. The van der Waals surface area contributed by atoms with Crippen LogP contribution in [0.1, 0.15) is 21.5 Å². The van der Waals surface area contributed by atoms with Crippen molar-refractivity contribution in [3.8, 4) is 11.5 Å². The number of aliphatic imine (C=N–C) groups is 1. The lowest BCUT2D eigenvalue weighted by Gasteiger charge is -2.15. The third kappa shape index (κ3) is 7.40. The van der Waals surface area contributed by atoms with Crippen molar-refractivity contribution in [2.24, 2.45) is 4.99 Å². The highest BCUT2D eigenvalue weighted by Crippen LogP contribution is 2.24. The summed E-state index contributed by atoms with van der Waals surface area (Å²) in [5, 5.41) is 6.58. The molecule has 0 unspecified atom stereocenters. The molecule has 0 heterocycles. The van der Waals surface area contributed by atoms with Gasteiger partial charge in [0.1, 0.15) is 11.5 Å². The topological polar surface area (TPSA) is 75.2 Å². The average Bonchev–Trinajstić information content (AvgIpc) is 2.75. The first-order chi connectivity index (χ1) is 14.0. The van der Waals surface area contributed by atoms with Gasteiger partial charge in [-0.25, -0.2) is 0 Å². The number of carbonyl (C=O) groups excluding carboxylic acids is 1. The first kappa shape index (κ1) is 25.5. The van der Waals surface area contributed by atoms with Gasteiger partial charge in [-0.1, -0.05) is 12.1 Å². The number of nitrogens with zero attached hydrogens (tertiary/aromatic N) is 2. The second kappa shape index (κ2) is 12.9. The Bertz CT molecular complexity index is 856. The molecule has 0 atom stereocenters. The van der Waals surface area contributed by atoms with Crippen molar-refractivity contribution in [3.63, 3.8) is 0 Å². The van der Waals surface area contributed by atoms with E-state index in [0.717, 1.165) is 29.0 Å². The molecule has 2 N–H and O–H groups in total. The van der Waals surface area contributed by atoms with Crippen LogP contribution in [0, 0.1) is 0 Å². The van der Waals surface area contributed by atoms with Crippen molar-refractivity contribution in [2.75, 3.05) is 41.9 Å². The maximum atomic E-state index is 12.1. The van der Waals surface area contributed by atoms with E-state index in [9.17, 15) is 4.79 Å². The van der Waals surface area contributed by atoms with E-state index in [-0.39, 0.29) is 29.9 Å². The second-order valence-corrected chi connectivity index (χ2v) is 6.68. The Balaban J connectivity index is 0.00000450. The standard InChI is InChI=1S/C22H30N4O3.HI/c1-23-22(25-15-18-9-10-19(28-4)14-20(18)29-5)24-12-11-16-7-6-8-17(13-16)21(27)26(2)3;/h6-10,13-14H,11-12,15H2,1-5H3,(H2,23,24,25);1H. The molecule has 30 heavy (non-hydrogen) atoms. The van der Waals surface area contributed by atoms with Crippen LogP contribution in [0.15, 0.2) is 47.5 Å². The molecular formula is C22H31IN4O3. The van der Waals surface area contributed by atoms with E-state index in [0.29, 0.717) is 24.6 Å². The molecular weight excluding hydrogens is 495 g/mol. The van der Waals surface area contributed by atoms with Crippen molar-refractivity contribution in [2.45, 2.75) is 13.0 Å². The van der Waals surface area contributed by atoms with Gasteiger partial charge >= 0.3 is 0 Å². The second-order valence-electron chi connectivity index (χ2n) is 6.68. The third-order valence-corrected chi connectivity index (χ3v) is 4.45. The molecule has 0 saturated carbocycles. The highest BCUT2D eigenvalue weighted by molar-refractivity contribution is 14.0. The van der Waals surface area contributed by atoms with Gasteiger partial charge in [0.25, 0.3) is 5.91 Å². The number of hydrogen-bond acceptors (Lipinski definition) is 4. The maximum Gasteiger partial charge on any atom is 0.253 e. The van der Waals surface area contributed by atoms with Crippen molar-refractivity contribution in [1.29, 1.82) is 0 Å². The summed E-state index contributed by atoms with van der Waals surface area (Å²) in [6, 6.07) is 13.4. The van der Waals surface area contributed by atoms with E-state index in [2.05, 4.69) is 15.6 Å². The molecule has 0 radical (unpaired) electrons. The lowest BCUT2D eigenvalue weighted by molar-refractivity contribution is 0.0827. The van der Waals surface area contributed by atoms with Gasteiger partial charge in [-0.3, -0.25) is 9.79 Å². The Morgan fingerprint density at radius 3 is 2.47 bits per heavy atom. The molecule has 0 fully saturated rings. The van der Waals surface area contributed by atoms with E-state index in [1.54, 1.807) is 40.3 Å². The Morgan fingerprint density at radius 1 is 1.07 bits per heavy atom. The van der Waals surface area contributed by atoms with Gasteiger partial charge in [0.15, 0.2) is 5.96 Å². The SMILES string of the molecule is CN=C(NCCc1cccc(C(=O)N(C)C)c1)NCc1ccc(OC)cc1OC.I. The highest BCUT2D eigenvalue weighted by Gasteiger charge is 2.09. The Hall–Kier alpha value is -2.49. The zero-order valence-electron chi connectivity index (χ0n) is 18.2. The minimum atomic E-state index is 0. The quantitative estimate of drug-likeness (QED) is 0.315. The van der Waals surface area contributed by atoms with Gasteiger partial charge in [-0.2, -0.15) is 0 Å². The largest absolute Gasteiger partial charge is 0.497 e. The molecule has 8 heteroatoms. The maximum absolute atomic E-state index is 12.1. The number of halogens is 1. The molecule has 0 bridgehead atoms. The summed E-state index contributed by atoms with van der Waals surface area (Å²) in [6.45, 7) is 1.26. The number of methoxy groups -OCH3 is 2. The van der Waals surface area contributed by atoms with Gasteiger partial charge < -0.3 is 25.0 Å². The normalized spacial score (nSPS) is 10.6. The van der Waals surface area contributed by atoms with Gasteiger partial charge in [-0.15, -0.1) is 24.0 Å². The lowest BCUT2D eigenvalue weighted by Crippen LogP contribution is -2.37. The number of hydrogen-bond donors (Lipinski definition) is 2. The fourth-order valence-corrected chi connectivity index (χ4v) is 2.84. The predicted molar refractivity (Wildman–Crippen MR) is 131 cm³/mol. The first-order valence-corrected chi connectivity index (χ1v) is 9.44. The van der Waals surface area contributed by atoms with E-state index >= 15 is 0 Å². The van der Waals surface area contributed by atoms with E-state index in [1.807, 2.05) is 42.5 Å². The van der Waals surface area contributed by atoms with Crippen LogP contribution in [0.2, 0.25) is 0 Å². The number of rotatable bonds is 8. The summed E-state index contributed by atoms with van der Waals surface area (Å²) in [5.74, 6) is 2.21. The van der Waals surface area contributed by atoms with Crippen molar-refractivity contribution < 1.29 is 14.3 Å². The molecule has 0 aliphatic rings. The molecule has 2 aromatic rings. The third-order valence-electron chi connectivity index (χ3n) is 4.45. The number of ether oxygens (including phenoxy) is 2. The molecule has 2 rings (SSSR count). The summed E-state index contributed by atoms with van der Waals surface area (Å²) in [4.78, 5) is 17.9. The van der Waals surface area contributed by atoms with Crippen LogP contribution >= 0.6 is 24.0 Å². The first-order valence-electron chi connectivity index (χ1n) is 9.44. The Morgan fingerprint density at radius 2 is 1.83 bits per heavy atom. The van der Waals surface area contributed by atoms with Crippen LogP contribution < -0.4 is 20.1 Å². The summed E-state index contributed by atoms with van der Waals surface area (Å²) >= 11 is 0. The molecule has 0 aliphatic heterocycles. The van der Waals surface area contributed by atoms with Crippen LogP contribution in [-0.2, 0) is 13.0 Å². The predicted octanol–water partition coefficient (Wildman–Crippen LogP) is 2.93. The fraction of sp³-hybridized carbons (Fsp3) is 0.364. The van der Waals surface area contributed by atoms with Crippen molar-refractivity contribution >= 4 is 35.8 Å². The summed E-state index contributed by atoms with van der Waals surface area (Å²) in [5.41, 5.74) is 2.80. The minimum Gasteiger partial charge on any atom is -0.497 e.